The van der Waals surface area contributed by atoms with Gasteiger partial charge in [0, 0.05) is 26.2 Å². The van der Waals surface area contributed by atoms with E-state index in [0.29, 0.717) is 26.2 Å². The average molecular weight is 374 g/mol. The molecule has 0 spiro atoms. The van der Waals surface area contributed by atoms with E-state index >= 15 is 0 Å². The molecule has 1 fully saturated rings. The van der Waals surface area contributed by atoms with E-state index in [4.69, 9.17) is 11.6 Å². The van der Waals surface area contributed by atoms with Crippen LogP contribution >= 0.6 is 11.6 Å². The van der Waals surface area contributed by atoms with Crippen molar-refractivity contribution >= 4 is 27.5 Å². The summed E-state index contributed by atoms with van der Waals surface area (Å²) in [7, 11) is 0.233. The highest BCUT2D eigenvalue weighted by atomic mass is 35.5. The molecule has 1 aliphatic rings. The van der Waals surface area contributed by atoms with Gasteiger partial charge in [-0.05, 0) is 45.1 Å². The lowest BCUT2D eigenvalue weighted by atomic mass is 10.2. The molecule has 1 amide bonds. The van der Waals surface area contributed by atoms with Crippen LogP contribution in [0.5, 0.6) is 0 Å². The van der Waals surface area contributed by atoms with Crippen molar-refractivity contribution < 1.29 is 13.2 Å². The van der Waals surface area contributed by atoms with E-state index in [0.717, 1.165) is 19.3 Å². The number of likely N-dealkylation sites (N-methyl/N-ethyl adjacent to an activating group) is 1. The van der Waals surface area contributed by atoms with E-state index in [9.17, 15) is 13.2 Å². The number of hydrogen-bond acceptors (Lipinski definition) is 4. The predicted molar refractivity (Wildman–Crippen MR) is 94.9 cm³/mol. The van der Waals surface area contributed by atoms with Crippen LogP contribution in [-0.2, 0) is 10.0 Å². The van der Waals surface area contributed by atoms with E-state index in [1.165, 1.54) is 22.5 Å². The molecule has 134 valence electrons. The minimum Gasteiger partial charge on any atom is -0.351 e. The molecule has 1 N–H and O–H groups in total. The lowest BCUT2D eigenvalue weighted by Gasteiger charge is -2.26. The summed E-state index contributed by atoms with van der Waals surface area (Å²) in [5.41, 5.74) is 0.188. The van der Waals surface area contributed by atoms with E-state index in [-0.39, 0.29) is 21.4 Å². The first-order chi connectivity index (χ1) is 11.3. The van der Waals surface area contributed by atoms with E-state index in [1.807, 2.05) is 19.0 Å². The number of sulfonamides is 1. The Hall–Kier alpha value is -1.15. The van der Waals surface area contributed by atoms with Crippen LogP contribution in [0.25, 0.3) is 0 Å². The number of rotatable bonds is 6. The fraction of sp³-hybridized carbons (Fsp3) is 0.562. The van der Waals surface area contributed by atoms with Gasteiger partial charge in [0.15, 0.2) is 0 Å². The number of amides is 1. The van der Waals surface area contributed by atoms with Crippen LogP contribution in [0.2, 0.25) is 5.02 Å². The Morgan fingerprint density at radius 1 is 1.25 bits per heavy atom. The van der Waals surface area contributed by atoms with Gasteiger partial charge >= 0.3 is 0 Å². The molecule has 1 aromatic rings. The van der Waals surface area contributed by atoms with Crippen molar-refractivity contribution in [2.75, 3.05) is 40.3 Å². The summed E-state index contributed by atoms with van der Waals surface area (Å²) in [4.78, 5) is 14.3. The normalized spacial score (nSPS) is 16.3. The number of halogens is 1. The van der Waals surface area contributed by atoms with Crippen molar-refractivity contribution in [3.63, 3.8) is 0 Å². The molecular weight excluding hydrogens is 350 g/mol. The molecule has 0 bridgehead atoms. The Morgan fingerprint density at radius 3 is 2.54 bits per heavy atom. The van der Waals surface area contributed by atoms with Gasteiger partial charge in [-0.15, -0.1) is 0 Å². The zero-order valence-electron chi connectivity index (χ0n) is 14.1. The van der Waals surface area contributed by atoms with Crippen LogP contribution in [0.15, 0.2) is 23.1 Å². The maximum absolute atomic E-state index is 12.7. The molecule has 1 aliphatic heterocycles. The third-order valence-electron chi connectivity index (χ3n) is 3.98. The maximum atomic E-state index is 12.7. The smallest absolute Gasteiger partial charge is 0.252 e. The predicted octanol–water partition coefficient (Wildman–Crippen LogP) is 1.81. The van der Waals surface area contributed by atoms with Gasteiger partial charge in [-0.3, -0.25) is 4.79 Å². The first kappa shape index (κ1) is 19.2. The molecular formula is C16H24ClN3O3S. The van der Waals surface area contributed by atoms with Crippen molar-refractivity contribution in [2.45, 2.75) is 24.2 Å². The minimum atomic E-state index is -3.58. The Morgan fingerprint density at radius 2 is 1.92 bits per heavy atom. The number of benzene rings is 1. The summed E-state index contributed by atoms with van der Waals surface area (Å²) < 4.78 is 26.9. The average Bonchev–Trinajstić information content (AvgIpc) is 2.55. The highest BCUT2D eigenvalue weighted by Crippen LogP contribution is 2.25. The van der Waals surface area contributed by atoms with Gasteiger partial charge in [0.25, 0.3) is 5.91 Å². The molecule has 0 unspecified atom stereocenters. The second kappa shape index (κ2) is 8.29. The zero-order valence-corrected chi connectivity index (χ0v) is 15.7. The number of piperidine rings is 1. The SMILES string of the molecule is CN(C)CCNC(=O)c1cc(S(=O)(=O)N2CCCCC2)ccc1Cl. The van der Waals surface area contributed by atoms with Crippen molar-refractivity contribution in [2.24, 2.45) is 0 Å². The fourth-order valence-electron chi connectivity index (χ4n) is 2.58. The minimum absolute atomic E-state index is 0.117. The van der Waals surface area contributed by atoms with Crippen LogP contribution in [0, 0.1) is 0 Å². The number of nitrogens with one attached hydrogen (secondary N) is 1. The number of carbonyl (C=O) groups excluding carboxylic acids is 1. The molecule has 0 atom stereocenters. The van der Waals surface area contributed by atoms with Gasteiger partial charge in [0.2, 0.25) is 10.0 Å². The Balaban J connectivity index is 2.19. The second-order valence-corrected chi connectivity index (χ2v) is 8.51. The first-order valence-electron chi connectivity index (χ1n) is 8.05. The van der Waals surface area contributed by atoms with Crippen LogP contribution in [0.4, 0.5) is 0 Å². The lowest BCUT2D eigenvalue weighted by Crippen LogP contribution is -2.36. The molecule has 8 heteroatoms. The molecule has 24 heavy (non-hydrogen) atoms. The van der Waals surface area contributed by atoms with Crippen LogP contribution in [0.1, 0.15) is 29.6 Å². The summed E-state index contributed by atoms with van der Waals surface area (Å²) in [6.45, 7) is 2.20. The summed E-state index contributed by atoms with van der Waals surface area (Å²) in [5.74, 6) is -0.363. The van der Waals surface area contributed by atoms with Crippen LogP contribution in [0.3, 0.4) is 0 Å². The fourth-order valence-corrected chi connectivity index (χ4v) is 4.33. The summed E-state index contributed by atoms with van der Waals surface area (Å²) in [6.07, 6.45) is 2.78. The molecule has 6 nitrogen and oxygen atoms in total. The van der Waals surface area contributed by atoms with E-state index in [2.05, 4.69) is 5.32 Å². The molecule has 2 rings (SSSR count). The highest BCUT2D eigenvalue weighted by molar-refractivity contribution is 7.89. The molecule has 0 radical (unpaired) electrons. The number of hydrogen-bond donors (Lipinski definition) is 1. The third-order valence-corrected chi connectivity index (χ3v) is 6.20. The van der Waals surface area contributed by atoms with Gasteiger partial charge in [-0.1, -0.05) is 18.0 Å². The Labute approximate surface area is 148 Å². The van der Waals surface area contributed by atoms with Gasteiger partial charge in [0.1, 0.15) is 0 Å². The molecule has 1 saturated heterocycles. The molecule has 0 saturated carbocycles. The first-order valence-corrected chi connectivity index (χ1v) is 9.87. The van der Waals surface area contributed by atoms with Crippen molar-refractivity contribution in [3.05, 3.63) is 28.8 Å². The maximum Gasteiger partial charge on any atom is 0.252 e. The molecule has 1 heterocycles. The van der Waals surface area contributed by atoms with Crippen LogP contribution < -0.4 is 5.32 Å². The standard InChI is InChI=1S/C16H24ClN3O3S/c1-19(2)11-8-18-16(21)14-12-13(6-7-15(14)17)24(22,23)20-9-4-3-5-10-20/h6-7,12H,3-5,8-11H2,1-2H3,(H,18,21). The van der Waals surface area contributed by atoms with Crippen molar-refractivity contribution in [3.8, 4) is 0 Å². The lowest BCUT2D eigenvalue weighted by molar-refractivity contribution is 0.0951. The van der Waals surface area contributed by atoms with E-state index in [1.54, 1.807) is 0 Å². The third kappa shape index (κ3) is 4.69. The van der Waals surface area contributed by atoms with Gasteiger partial charge in [-0.2, -0.15) is 4.31 Å². The van der Waals surface area contributed by atoms with Crippen LogP contribution in [-0.4, -0.2) is 63.8 Å². The number of nitrogens with zero attached hydrogens (tertiary/aromatic N) is 2. The van der Waals surface area contributed by atoms with Gasteiger partial charge < -0.3 is 10.2 Å². The topological polar surface area (TPSA) is 69.7 Å². The largest absolute Gasteiger partial charge is 0.351 e. The summed E-state index contributed by atoms with van der Waals surface area (Å²) in [6, 6.07) is 4.30. The quantitative estimate of drug-likeness (QED) is 0.825. The summed E-state index contributed by atoms with van der Waals surface area (Å²) >= 11 is 6.09. The summed E-state index contributed by atoms with van der Waals surface area (Å²) in [5, 5.41) is 3.00. The van der Waals surface area contributed by atoms with E-state index < -0.39 is 10.0 Å². The monoisotopic (exact) mass is 373 g/mol. The molecule has 1 aromatic carbocycles. The van der Waals surface area contributed by atoms with Gasteiger partial charge in [-0.25, -0.2) is 8.42 Å². The Bertz CT molecular complexity index is 686. The second-order valence-electron chi connectivity index (χ2n) is 6.17. The van der Waals surface area contributed by atoms with Crippen molar-refractivity contribution in [1.29, 1.82) is 0 Å². The zero-order chi connectivity index (χ0) is 17.7. The molecule has 0 aromatic heterocycles. The number of carbonyl (C=O) groups is 1. The Kier molecular flexibility index (Phi) is 6.62. The van der Waals surface area contributed by atoms with Gasteiger partial charge in [0.05, 0.1) is 15.5 Å². The highest BCUT2D eigenvalue weighted by Gasteiger charge is 2.27. The molecule has 0 aliphatic carbocycles. The van der Waals surface area contributed by atoms with Crippen molar-refractivity contribution in [1.82, 2.24) is 14.5 Å².